The highest BCUT2D eigenvalue weighted by Crippen LogP contribution is 2.17. The Morgan fingerprint density at radius 3 is 2.58 bits per heavy atom. The highest BCUT2D eigenvalue weighted by molar-refractivity contribution is 5.80. The second-order valence-electron chi connectivity index (χ2n) is 5.69. The quantitative estimate of drug-likeness (QED) is 0.800. The van der Waals surface area contributed by atoms with Gasteiger partial charge < -0.3 is 9.30 Å². The van der Waals surface area contributed by atoms with Gasteiger partial charge in [-0.15, -0.1) is 0 Å². The first-order valence-corrected chi connectivity index (χ1v) is 6.67. The molecule has 0 aliphatic carbocycles. The molecule has 0 spiro atoms. The number of nitrogens with one attached hydrogen (secondary N) is 1. The Morgan fingerprint density at radius 2 is 2.11 bits per heavy atom. The van der Waals surface area contributed by atoms with Crippen LogP contribution in [0.1, 0.15) is 46.4 Å². The molecule has 0 amide bonds. The molecule has 1 aromatic rings. The number of imidazole rings is 1. The third-order valence-corrected chi connectivity index (χ3v) is 2.99. The van der Waals surface area contributed by atoms with Gasteiger partial charge in [-0.05, 0) is 20.8 Å². The van der Waals surface area contributed by atoms with Crippen LogP contribution in [0.5, 0.6) is 0 Å². The lowest BCUT2D eigenvalue weighted by molar-refractivity contribution is -0.148. The SMILES string of the molecule is COC(=O)C(C)(Cn1ccnc1C(C)C)NC(C)C. The molecule has 5 heteroatoms. The van der Waals surface area contributed by atoms with E-state index in [-0.39, 0.29) is 12.0 Å². The van der Waals surface area contributed by atoms with Gasteiger partial charge in [-0.3, -0.25) is 5.32 Å². The zero-order valence-electron chi connectivity index (χ0n) is 12.7. The van der Waals surface area contributed by atoms with Crippen LogP contribution in [-0.2, 0) is 16.1 Å². The van der Waals surface area contributed by atoms with Gasteiger partial charge in [0.1, 0.15) is 11.4 Å². The first kappa shape index (κ1) is 15.7. The molecule has 19 heavy (non-hydrogen) atoms. The Labute approximate surface area is 115 Å². The summed E-state index contributed by atoms with van der Waals surface area (Å²) in [5.74, 6) is 1.03. The Bertz CT molecular complexity index is 426. The second kappa shape index (κ2) is 6.19. The summed E-state index contributed by atoms with van der Waals surface area (Å²) in [7, 11) is 1.42. The van der Waals surface area contributed by atoms with Crippen molar-refractivity contribution in [2.24, 2.45) is 0 Å². The van der Waals surface area contributed by atoms with Crippen LogP contribution in [0.3, 0.4) is 0 Å². The Hall–Kier alpha value is -1.36. The third-order valence-electron chi connectivity index (χ3n) is 2.99. The van der Waals surface area contributed by atoms with E-state index in [9.17, 15) is 4.79 Å². The van der Waals surface area contributed by atoms with E-state index in [0.29, 0.717) is 12.5 Å². The van der Waals surface area contributed by atoms with Crippen molar-refractivity contribution >= 4 is 5.97 Å². The molecule has 5 nitrogen and oxygen atoms in total. The number of aromatic nitrogens is 2. The Morgan fingerprint density at radius 1 is 1.47 bits per heavy atom. The summed E-state index contributed by atoms with van der Waals surface area (Å²) >= 11 is 0. The van der Waals surface area contributed by atoms with Crippen LogP contribution >= 0.6 is 0 Å². The average Bonchev–Trinajstić information content (AvgIpc) is 2.74. The number of carbonyl (C=O) groups excluding carboxylic acids is 1. The lowest BCUT2D eigenvalue weighted by atomic mass is 10.0. The number of methoxy groups -OCH3 is 1. The van der Waals surface area contributed by atoms with Crippen LogP contribution in [-0.4, -0.2) is 34.2 Å². The molecule has 0 bridgehead atoms. The predicted molar refractivity (Wildman–Crippen MR) is 75.0 cm³/mol. The number of rotatable bonds is 6. The Balaban J connectivity index is 3.00. The molecule has 108 valence electrons. The van der Waals surface area contributed by atoms with Crippen LogP contribution in [0.4, 0.5) is 0 Å². The van der Waals surface area contributed by atoms with E-state index in [2.05, 4.69) is 24.1 Å². The number of carbonyl (C=O) groups is 1. The standard InChI is InChI=1S/C14H25N3O2/c1-10(2)12-15-7-8-17(12)9-14(5,13(18)19-6)16-11(3)4/h7-8,10-11,16H,9H2,1-6H3. The van der Waals surface area contributed by atoms with Gasteiger partial charge in [-0.2, -0.15) is 0 Å². The van der Waals surface area contributed by atoms with Crippen molar-refractivity contribution in [1.82, 2.24) is 14.9 Å². The summed E-state index contributed by atoms with van der Waals surface area (Å²) in [5.41, 5.74) is -0.757. The van der Waals surface area contributed by atoms with Crippen molar-refractivity contribution in [2.45, 2.75) is 58.7 Å². The number of hydrogen-bond donors (Lipinski definition) is 1. The molecule has 0 radical (unpaired) electrons. The topological polar surface area (TPSA) is 56.2 Å². The summed E-state index contributed by atoms with van der Waals surface area (Å²) in [6.07, 6.45) is 3.67. The van der Waals surface area contributed by atoms with Gasteiger partial charge in [-0.1, -0.05) is 13.8 Å². The maximum Gasteiger partial charge on any atom is 0.327 e. The van der Waals surface area contributed by atoms with Crippen LogP contribution in [0.25, 0.3) is 0 Å². The molecule has 0 saturated heterocycles. The smallest absolute Gasteiger partial charge is 0.327 e. The monoisotopic (exact) mass is 267 g/mol. The molecule has 0 aromatic carbocycles. The Kier molecular flexibility index (Phi) is 5.11. The fraction of sp³-hybridized carbons (Fsp3) is 0.714. The van der Waals surface area contributed by atoms with Gasteiger partial charge in [0, 0.05) is 24.4 Å². The van der Waals surface area contributed by atoms with Crippen molar-refractivity contribution in [3.05, 3.63) is 18.2 Å². The van der Waals surface area contributed by atoms with Gasteiger partial charge in [-0.25, -0.2) is 9.78 Å². The van der Waals surface area contributed by atoms with Gasteiger partial charge in [0.2, 0.25) is 0 Å². The van der Waals surface area contributed by atoms with Crippen LogP contribution < -0.4 is 5.32 Å². The van der Waals surface area contributed by atoms with E-state index in [1.54, 1.807) is 6.20 Å². The minimum Gasteiger partial charge on any atom is -0.468 e. The van der Waals surface area contributed by atoms with Crippen molar-refractivity contribution in [3.63, 3.8) is 0 Å². The molecular formula is C14H25N3O2. The lowest BCUT2D eigenvalue weighted by Gasteiger charge is -2.31. The van der Waals surface area contributed by atoms with Crippen LogP contribution in [0.2, 0.25) is 0 Å². The summed E-state index contributed by atoms with van der Waals surface area (Å²) in [4.78, 5) is 16.4. The van der Waals surface area contributed by atoms with Crippen LogP contribution in [0, 0.1) is 0 Å². The van der Waals surface area contributed by atoms with Gasteiger partial charge in [0.15, 0.2) is 0 Å². The summed E-state index contributed by atoms with van der Waals surface area (Å²) in [6.45, 7) is 10.6. The zero-order valence-corrected chi connectivity index (χ0v) is 12.7. The molecule has 0 aliphatic rings. The van der Waals surface area contributed by atoms with E-state index >= 15 is 0 Å². The fourth-order valence-electron chi connectivity index (χ4n) is 2.33. The van der Waals surface area contributed by atoms with E-state index in [1.165, 1.54) is 7.11 Å². The molecule has 1 unspecified atom stereocenters. The van der Waals surface area contributed by atoms with Gasteiger partial charge in [0.05, 0.1) is 13.7 Å². The molecule has 1 heterocycles. The van der Waals surface area contributed by atoms with E-state index in [1.807, 2.05) is 31.5 Å². The number of nitrogens with zero attached hydrogens (tertiary/aromatic N) is 2. The summed E-state index contributed by atoms with van der Waals surface area (Å²) in [5, 5.41) is 3.29. The highest BCUT2D eigenvalue weighted by Gasteiger charge is 2.35. The minimum absolute atomic E-state index is 0.190. The van der Waals surface area contributed by atoms with Crippen molar-refractivity contribution in [2.75, 3.05) is 7.11 Å². The van der Waals surface area contributed by atoms with Gasteiger partial charge in [0.25, 0.3) is 0 Å². The summed E-state index contributed by atoms with van der Waals surface area (Å²) in [6, 6.07) is 0.190. The van der Waals surface area contributed by atoms with Crippen molar-refractivity contribution < 1.29 is 9.53 Å². The first-order valence-electron chi connectivity index (χ1n) is 6.67. The molecule has 1 rings (SSSR count). The molecular weight excluding hydrogens is 242 g/mol. The molecule has 1 N–H and O–H groups in total. The fourth-order valence-corrected chi connectivity index (χ4v) is 2.33. The molecule has 1 atom stereocenters. The van der Waals surface area contributed by atoms with E-state index < -0.39 is 5.54 Å². The second-order valence-corrected chi connectivity index (χ2v) is 5.69. The predicted octanol–water partition coefficient (Wildman–Crippen LogP) is 1.94. The van der Waals surface area contributed by atoms with Crippen molar-refractivity contribution in [3.8, 4) is 0 Å². The largest absolute Gasteiger partial charge is 0.468 e. The lowest BCUT2D eigenvalue weighted by Crippen LogP contribution is -2.55. The third kappa shape index (κ3) is 3.80. The van der Waals surface area contributed by atoms with E-state index in [4.69, 9.17) is 4.74 Å². The maximum atomic E-state index is 12.1. The van der Waals surface area contributed by atoms with Crippen LogP contribution in [0.15, 0.2) is 12.4 Å². The van der Waals surface area contributed by atoms with Crippen molar-refractivity contribution in [1.29, 1.82) is 0 Å². The highest BCUT2D eigenvalue weighted by atomic mass is 16.5. The maximum absolute atomic E-state index is 12.1. The van der Waals surface area contributed by atoms with Gasteiger partial charge >= 0.3 is 5.97 Å². The van der Waals surface area contributed by atoms with E-state index in [0.717, 1.165) is 5.82 Å². The average molecular weight is 267 g/mol. The normalized spacial score (nSPS) is 14.7. The zero-order chi connectivity index (χ0) is 14.6. The summed E-state index contributed by atoms with van der Waals surface area (Å²) < 4.78 is 6.94. The molecule has 0 fully saturated rings. The molecule has 0 aliphatic heterocycles. The molecule has 1 aromatic heterocycles. The number of esters is 1. The number of ether oxygens (including phenoxy) is 1. The first-order chi connectivity index (χ1) is 8.80. The number of hydrogen-bond acceptors (Lipinski definition) is 4. The molecule has 0 saturated carbocycles. The minimum atomic E-state index is -0.757.